The van der Waals surface area contributed by atoms with Crippen LogP contribution in [0.4, 0.5) is 10.1 Å². The Labute approximate surface area is 221 Å². The van der Waals surface area contributed by atoms with Crippen LogP contribution >= 0.6 is 34.8 Å². The summed E-state index contributed by atoms with van der Waals surface area (Å²) in [6.45, 7) is 0.398. The number of halogens is 4. The number of para-hydroxylation sites is 1. The minimum atomic E-state index is -1.40. The fraction of sp³-hybridized carbons (Fsp3) is 0.160. The van der Waals surface area contributed by atoms with Gasteiger partial charge in [-0.1, -0.05) is 53.0 Å². The summed E-state index contributed by atoms with van der Waals surface area (Å²) < 4.78 is 24.5. The van der Waals surface area contributed by atoms with E-state index < -0.39 is 23.8 Å². The molecular weight excluding hydrogens is 532 g/mol. The fourth-order valence-electron chi connectivity index (χ4n) is 3.56. The lowest BCUT2D eigenvalue weighted by Gasteiger charge is -2.16. The largest absolute Gasteiger partial charge is 0.490 e. The molecule has 0 fully saturated rings. The maximum atomic E-state index is 14.0. The summed E-state index contributed by atoms with van der Waals surface area (Å²) in [4.78, 5) is 30.7. The van der Waals surface area contributed by atoms with Crippen molar-refractivity contribution in [2.24, 2.45) is 4.99 Å². The number of carbonyl (C=O) groups is 2. The van der Waals surface area contributed by atoms with Gasteiger partial charge in [0.05, 0.1) is 33.6 Å². The number of nitrogens with zero attached hydrogens (tertiary/aromatic N) is 1. The Kier molecular flexibility index (Phi) is 8.11. The number of rotatable bonds is 7. The predicted octanol–water partition coefficient (Wildman–Crippen LogP) is 5.36. The van der Waals surface area contributed by atoms with Crippen molar-refractivity contribution >= 4 is 58.0 Å². The molecular formula is C25H19Cl3FN3O4. The predicted molar refractivity (Wildman–Crippen MR) is 137 cm³/mol. The van der Waals surface area contributed by atoms with Crippen LogP contribution in [0.1, 0.15) is 21.5 Å². The van der Waals surface area contributed by atoms with Gasteiger partial charge in [-0.25, -0.2) is 9.38 Å². The molecule has 0 spiro atoms. The smallest absolute Gasteiger partial charge is 0.269 e. The third-order valence-electron chi connectivity index (χ3n) is 5.19. The summed E-state index contributed by atoms with van der Waals surface area (Å²) in [6, 6.07) is 13.4. The molecule has 1 atom stereocenters. The molecule has 7 nitrogen and oxygen atoms in total. The van der Waals surface area contributed by atoms with E-state index in [0.29, 0.717) is 21.8 Å². The van der Waals surface area contributed by atoms with Crippen molar-refractivity contribution in [3.05, 3.63) is 92.2 Å². The van der Waals surface area contributed by atoms with E-state index in [9.17, 15) is 14.0 Å². The summed E-state index contributed by atoms with van der Waals surface area (Å²) in [7, 11) is 1.50. The lowest BCUT2D eigenvalue weighted by atomic mass is 10.0. The van der Waals surface area contributed by atoms with Gasteiger partial charge in [-0.3, -0.25) is 9.59 Å². The van der Waals surface area contributed by atoms with Crippen LogP contribution in [-0.2, 0) is 9.53 Å². The third-order valence-corrected chi connectivity index (χ3v) is 6.00. The number of fused-ring (bicyclic) bond motifs is 1. The summed E-state index contributed by atoms with van der Waals surface area (Å²) in [6.07, 6.45) is -1.40. The van der Waals surface area contributed by atoms with Crippen molar-refractivity contribution in [3.63, 3.8) is 0 Å². The van der Waals surface area contributed by atoms with E-state index in [1.165, 1.54) is 25.3 Å². The molecule has 36 heavy (non-hydrogen) atoms. The Morgan fingerprint density at radius 1 is 1.08 bits per heavy atom. The highest BCUT2D eigenvalue weighted by atomic mass is 35.5. The van der Waals surface area contributed by atoms with Gasteiger partial charge in [0.15, 0.2) is 0 Å². The zero-order valence-corrected chi connectivity index (χ0v) is 21.0. The van der Waals surface area contributed by atoms with Gasteiger partial charge in [0, 0.05) is 23.3 Å². The first-order chi connectivity index (χ1) is 17.3. The number of carbonyl (C=O) groups excluding carboxylic acids is 2. The first kappa shape index (κ1) is 25.9. The van der Waals surface area contributed by atoms with Crippen LogP contribution in [0.25, 0.3) is 0 Å². The number of benzene rings is 3. The van der Waals surface area contributed by atoms with Gasteiger partial charge in [-0.15, -0.1) is 0 Å². The van der Waals surface area contributed by atoms with E-state index >= 15 is 0 Å². The molecule has 1 aliphatic heterocycles. The van der Waals surface area contributed by atoms with E-state index in [2.05, 4.69) is 15.6 Å². The molecule has 0 unspecified atom stereocenters. The Bertz CT molecular complexity index is 1340. The number of amides is 2. The number of hydrogen-bond donors (Lipinski definition) is 2. The Morgan fingerprint density at radius 2 is 1.81 bits per heavy atom. The number of aliphatic imine (C=N–C) groups is 1. The number of ether oxygens (including phenoxy) is 2. The number of anilines is 1. The minimum absolute atomic E-state index is 0.111. The van der Waals surface area contributed by atoms with Crippen molar-refractivity contribution < 1.29 is 23.5 Å². The molecule has 1 heterocycles. The van der Waals surface area contributed by atoms with Gasteiger partial charge >= 0.3 is 0 Å². The average Bonchev–Trinajstić information content (AvgIpc) is 2.96. The van der Waals surface area contributed by atoms with Gasteiger partial charge in [-0.2, -0.15) is 0 Å². The van der Waals surface area contributed by atoms with Gasteiger partial charge in [0.1, 0.15) is 18.2 Å². The molecule has 11 heteroatoms. The van der Waals surface area contributed by atoms with E-state index in [4.69, 9.17) is 44.3 Å². The van der Waals surface area contributed by atoms with Gasteiger partial charge in [0.2, 0.25) is 6.17 Å². The van der Waals surface area contributed by atoms with Gasteiger partial charge in [0.25, 0.3) is 11.8 Å². The van der Waals surface area contributed by atoms with Crippen LogP contribution in [0.15, 0.2) is 59.6 Å². The zero-order valence-electron chi connectivity index (χ0n) is 18.8. The summed E-state index contributed by atoms with van der Waals surface area (Å²) in [5, 5.41) is 6.02. The summed E-state index contributed by atoms with van der Waals surface area (Å²) in [5.74, 6) is -1.92. The highest BCUT2D eigenvalue weighted by Crippen LogP contribution is 2.34. The number of methoxy groups -OCH3 is 1. The second-order valence-electron chi connectivity index (χ2n) is 7.61. The molecule has 2 amide bonds. The normalized spacial score (nSPS) is 14.9. The summed E-state index contributed by atoms with van der Waals surface area (Å²) >= 11 is 19.0. The molecule has 0 aliphatic carbocycles. The Balaban J connectivity index is 1.75. The maximum absolute atomic E-state index is 14.0. The Hall–Kier alpha value is -3.17. The molecule has 0 radical (unpaired) electrons. The van der Waals surface area contributed by atoms with Crippen molar-refractivity contribution in [1.29, 1.82) is 0 Å². The van der Waals surface area contributed by atoms with Crippen LogP contribution in [0.5, 0.6) is 5.75 Å². The first-order valence-corrected chi connectivity index (χ1v) is 11.8. The molecule has 0 saturated carbocycles. The minimum Gasteiger partial charge on any atom is -0.490 e. The SMILES string of the molecule is COCCOc1ccc(F)cc1C(=O)N[C@H]1N=C(c2c(Cl)cc(Cl)cc2Cl)c2ccccc2NC1=O. The second kappa shape index (κ2) is 11.3. The average molecular weight is 551 g/mol. The maximum Gasteiger partial charge on any atom is 0.269 e. The highest BCUT2D eigenvalue weighted by molar-refractivity contribution is 6.44. The highest BCUT2D eigenvalue weighted by Gasteiger charge is 2.30. The van der Waals surface area contributed by atoms with Gasteiger partial charge < -0.3 is 20.1 Å². The van der Waals surface area contributed by atoms with Crippen LogP contribution in [0.3, 0.4) is 0 Å². The lowest BCUT2D eigenvalue weighted by Crippen LogP contribution is -2.42. The van der Waals surface area contributed by atoms with Crippen LogP contribution in [0.2, 0.25) is 15.1 Å². The van der Waals surface area contributed by atoms with E-state index in [-0.39, 0.29) is 40.3 Å². The Morgan fingerprint density at radius 3 is 2.53 bits per heavy atom. The molecule has 0 bridgehead atoms. The standard InChI is InChI=1S/C25H19Cl3FN3O4/c1-35-8-9-36-20-7-6-14(29)12-16(20)24(33)32-23-25(34)30-19-5-3-2-4-15(19)22(31-23)21-17(27)10-13(26)11-18(21)28/h2-7,10-12,23H,8-9H2,1H3,(H,30,34)(H,32,33)/t23-/m1/s1. The van der Waals surface area contributed by atoms with Crippen molar-refractivity contribution in [1.82, 2.24) is 5.32 Å². The first-order valence-electron chi connectivity index (χ1n) is 10.6. The summed E-state index contributed by atoms with van der Waals surface area (Å²) in [5.41, 5.74) is 1.45. The van der Waals surface area contributed by atoms with E-state index in [0.717, 1.165) is 12.1 Å². The quantitative estimate of drug-likeness (QED) is 0.388. The van der Waals surface area contributed by atoms with E-state index in [1.807, 2.05) is 0 Å². The van der Waals surface area contributed by atoms with Crippen LogP contribution in [0, 0.1) is 5.82 Å². The lowest BCUT2D eigenvalue weighted by molar-refractivity contribution is -0.117. The van der Waals surface area contributed by atoms with Gasteiger partial charge in [-0.05, 0) is 36.4 Å². The molecule has 0 saturated heterocycles. The van der Waals surface area contributed by atoms with Crippen molar-refractivity contribution in [2.75, 3.05) is 25.6 Å². The number of benzodiazepines with no additional fused rings is 1. The van der Waals surface area contributed by atoms with Crippen LogP contribution in [-0.4, -0.2) is 44.0 Å². The molecule has 0 aromatic heterocycles. The monoisotopic (exact) mass is 549 g/mol. The molecule has 2 N–H and O–H groups in total. The zero-order chi connectivity index (χ0) is 25.8. The molecule has 186 valence electrons. The third kappa shape index (κ3) is 5.63. The number of hydrogen-bond acceptors (Lipinski definition) is 5. The second-order valence-corrected chi connectivity index (χ2v) is 8.87. The van der Waals surface area contributed by atoms with E-state index in [1.54, 1.807) is 24.3 Å². The topological polar surface area (TPSA) is 89.0 Å². The van der Waals surface area contributed by atoms with Crippen molar-refractivity contribution in [3.8, 4) is 5.75 Å². The number of nitrogens with one attached hydrogen (secondary N) is 2. The molecule has 4 rings (SSSR count). The van der Waals surface area contributed by atoms with Crippen LogP contribution < -0.4 is 15.4 Å². The molecule has 3 aromatic rings. The molecule has 1 aliphatic rings. The molecule has 3 aromatic carbocycles. The van der Waals surface area contributed by atoms with Crippen molar-refractivity contribution in [2.45, 2.75) is 6.17 Å². The fourth-order valence-corrected chi connectivity index (χ4v) is 4.56.